The van der Waals surface area contributed by atoms with Gasteiger partial charge in [0.25, 0.3) is 0 Å². The topological polar surface area (TPSA) is 35.0 Å². The van der Waals surface area contributed by atoms with Gasteiger partial charge in [-0.05, 0) is 35.0 Å². The first kappa shape index (κ1) is 16.5. The maximum absolute atomic E-state index is 5.57. The summed E-state index contributed by atoms with van der Waals surface area (Å²) in [6.07, 6.45) is 1.85. The summed E-state index contributed by atoms with van der Waals surface area (Å²) in [5.41, 5.74) is 3.62. The van der Waals surface area contributed by atoms with E-state index in [1.165, 1.54) is 0 Å². The summed E-state index contributed by atoms with van der Waals surface area (Å²) in [6, 6.07) is 28.7. The van der Waals surface area contributed by atoms with Crippen molar-refractivity contribution in [2.24, 2.45) is 0 Å². The van der Waals surface area contributed by atoms with Gasteiger partial charge in [0, 0.05) is 22.5 Å². The zero-order valence-electron chi connectivity index (χ0n) is 15.5. The lowest BCUT2D eigenvalue weighted by Gasteiger charge is -2.13. The number of methoxy groups -OCH3 is 1. The van der Waals surface area contributed by atoms with Crippen LogP contribution in [0.25, 0.3) is 44.2 Å². The molecule has 5 aromatic rings. The van der Waals surface area contributed by atoms with Crippen molar-refractivity contribution >= 4 is 21.5 Å². The summed E-state index contributed by atoms with van der Waals surface area (Å²) in [7, 11) is 1.69. The molecule has 0 aliphatic carbocycles. The molecular weight excluding hydrogens is 344 g/mol. The van der Waals surface area contributed by atoms with Crippen LogP contribution >= 0.6 is 0 Å². The van der Waals surface area contributed by atoms with E-state index >= 15 is 0 Å². The predicted molar refractivity (Wildman–Crippen MR) is 114 cm³/mol. The third-order valence-corrected chi connectivity index (χ3v) is 5.02. The minimum Gasteiger partial charge on any atom is -0.496 e. The van der Waals surface area contributed by atoms with E-state index in [1.54, 1.807) is 7.11 Å². The Kier molecular flexibility index (Phi) is 3.99. The minimum atomic E-state index is 0.808. The van der Waals surface area contributed by atoms with Crippen LogP contribution in [0.4, 0.5) is 0 Å². The van der Waals surface area contributed by atoms with Crippen LogP contribution in [0.15, 0.2) is 91.1 Å². The molecule has 0 saturated heterocycles. The van der Waals surface area contributed by atoms with E-state index < -0.39 is 0 Å². The fourth-order valence-corrected chi connectivity index (χ4v) is 3.68. The second-order valence-electron chi connectivity index (χ2n) is 6.66. The van der Waals surface area contributed by atoms with E-state index in [1.807, 2.05) is 54.7 Å². The molecule has 0 radical (unpaired) electrons. The molecule has 5 rings (SSSR count). The molecule has 3 heteroatoms. The van der Waals surface area contributed by atoms with E-state index in [9.17, 15) is 0 Å². The Morgan fingerprint density at radius 2 is 1.36 bits per heavy atom. The van der Waals surface area contributed by atoms with Gasteiger partial charge in [0.15, 0.2) is 0 Å². The molecule has 0 N–H and O–H groups in total. The normalized spacial score (nSPS) is 11.0. The van der Waals surface area contributed by atoms with Crippen molar-refractivity contribution in [3.05, 3.63) is 91.1 Å². The zero-order valence-corrected chi connectivity index (χ0v) is 15.5. The molecule has 0 atom stereocenters. The van der Waals surface area contributed by atoms with E-state index in [4.69, 9.17) is 14.7 Å². The second kappa shape index (κ2) is 6.78. The average molecular weight is 362 g/mol. The van der Waals surface area contributed by atoms with Crippen LogP contribution in [0.2, 0.25) is 0 Å². The molecule has 0 fully saturated rings. The van der Waals surface area contributed by atoms with Crippen molar-refractivity contribution in [1.82, 2.24) is 9.97 Å². The summed E-state index contributed by atoms with van der Waals surface area (Å²) in [4.78, 5) is 9.77. The van der Waals surface area contributed by atoms with Gasteiger partial charge in [-0.15, -0.1) is 0 Å². The number of pyridine rings is 2. The second-order valence-corrected chi connectivity index (χ2v) is 6.66. The summed E-state index contributed by atoms with van der Waals surface area (Å²) in [5.74, 6) is 0.808. The highest BCUT2D eigenvalue weighted by Gasteiger charge is 2.15. The Labute approximate surface area is 163 Å². The summed E-state index contributed by atoms with van der Waals surface area (Å²) in [6.45, 7) is 0. The highest BCUT2D eigenvalue weighted by molar-refractivity contribution is 6.03. The lowest BCUT2D eigenvalue weighted by Crippen LogP contribution is -1.95. The molecule has 134 valence electrons. The molecule has 3 aromatic carbocycles. The molecule has 0 bridgehead atoms. The number of ether oxygens (including phenoxy) is 1. The number of rotatable bonds is 3. The summed E-state index contributed by atoms with van der Waals surface area (Å²) in [5, 5.41) is 4.47. The number of aromatic nitrogens is 2. The van der Waals surface area contributed by atoms with Gasteiger partial charge >= 0.3 is 0 Å². The van der Waals surface area contributed by atoms with Crippen LogP contribution in [0.1, 0.15) is 0 Å². The molecule has 0 unspecified atom stereocenters. The maximum atomic E-state index is 5.57. The fraction of sp³-hybridized carbons (Fsp3) is 0.0400. The van der Waals surface area contributed by atoms with Gasteiger partial charge in [-0.3, -0.25) is 4.98 Å². The van der Waals surface area contributed by atoms with Crippen molar-refractivity contribution in [2.75, 3.05) is 7.11 Å². The smallest absolute Gasteiger partial charge is 0.128 e. The lowest BCUT2D eigenvalue weighted by atomic mass is 10.0. The van der Waals surface area contributed by atoms with Gasteiger partial charge in [-0.1, -0.05) is 60.7 Å². The van der Waals surface area contributed by atoms with Gasteiger partial charge in [0.2, 0.25) is 0 Å². The average Bonchev–Trinajstić information content (AvgIpc) is 2.78. The van der Waals surface area contributed by atoms with Crippen molar-refractivity contribution in [3.63, 3.8) is 0 Å². The number of benzene rings is 3. The summed E-state index contributed by atoms with van der Waals surface area (Å²) >= 11 is 0. The Morgan fingerprint density at radius 1 is 0.679 bits per heavy atom. The van der Waals surface area contributed by atoms with Gasteiger partial charge in [-0.2, -0.15) is 0 Å². The Bertz CT molecular complexity index is 1310. The molecule has 0 aliphatic heterocycles. The molecule has 2 heterocycles. The monoisotopic (exact) mass is 362 g/mol. The summed E-state index contributed by atoms with van der Waals surface area (Å²) < 4.78 is 5.57. The van der Waals surface area contributed by atoms with E-state index in [0.29, 0.717) is 0 Å². The zero-order chi connectivity index (χ0) is 18.9. The molecule has 0 aliphatic rings. The fourth-order valence-electron chi connectivity index (χ4n) is 3.68. The molecule has 0 saturated carbocycles. The maximum Gasteiger partial charge on any atom is 0.128 e. The molecule has 2 aromatic heterocycles. The minimum absolute atomic E-state index is 0.808. The molecule has 0 amide bonds. The van der Waals surface area contributed by atoms with Gasteiger partial charge in [-0.25, -0.2) is 4.98 Å². The Hall–Kier alpha value is -3.72. The Morgan fingerprint density at radius 3 is 2.18 bits per heavy atom. The highest BCUT2D eigenvalue weighted by Crippen LogP contribution is 2.36. The van der Waals surface area contributed by atoms with Crippen LogP contribution < -0.4 is 4.74 Å². The van der Waals surface area contributed by atoms with Crippen molar-refractivity contribution in [1.29, 1.82) is 0 Å². The Balaban J connectivity index is 1.86. The predicted octanol–water partition coefficient (Wildman–Crippen LogP) is 6.13. The first-order chi connectivity index (χ1) is 13.8. The van der Waals surface area contributed by atoms with E-state index in [2.05, 4.69) is 36.4 Å². The van der Waals surface area contributed by atoms with Crippen LogP contribution in [-0.4, -0.2) is 17.1 Å². The third-order valence-electron chi connectivity index (χ3n) is 5.02. The standard InChI is InChI=1S/C25H18N2O/c1-28-23-13-7-6-12-21(23)22-16-18-9-3-5-11-20(18)25(27-22)24-19-10-4-2-8-17(19)14-15-26-24/h2-16H,1H3. The van der Waals surface area contributed by atoms with Gasteiger partial charge < -0.3 is 4.74 Å². The third kappa shape index (κ3) is 2.69. The molecule has 3 nitrogen and oxygen atoms in total. The SMILES string of the molecule is COc1ccccc1-c1cc2ccccc2c(-c2nccc3ccccc23)n1. The van der Waals surface area contributed by atoms with Gasteiger partial charge in [0.1, 0.15) is 5.75 Å². The first-order valence-electron chi connectivity index (χ1n) is 9.22. The number of para-hydroxylation sites is 1. The largest absolute Gasteiger partial charge is 0.496 e. The van der Waals surface area contributed by atoms with Crippen LogP contribution in [0, 0.1) is 0 Å². The highest BCUT2D eigenvalue weighted by atomic mass is 16.5. The quantitative estimate of drug-likeness (QED) is 0.387. The van der Waals surface area contributed by atoms with Gasteiger partial charge in [0.05, 0.1) is 24.2 Å². The lowest BCUT2D eigenvalue weighted by molar-refractivity contribution is 0.416. The van der Waals surface area contributed by atoms with Crippen LogP contribution in [0.5, 0.6) is 5.75 Å². The molecule has 28 heavy (non-hydrogen) atoms. The number of hydrogen-bond donors (Lipinski definition) is 0. The van der Waals surface area contributed by atoms with E-state index in [0.717, 1.165) is 49.9 Å². The van der Waals surface area contributed by atoms with Crippen molar-refractivity contribution < 1.29 is 4.74 Å². The number of hydrogen-bond acceptors (Lipinski definition) is 3. The number of fused-ring (bicyclic) bond motifs is 2. The van der Waals surface area contributed by atoms with Crippen molar-refractivity contribution in [2.45, 2.75) is 0 Å². The van der Waals surface area contributed by atoms with Crippen LogP contribution in [-0.2, 0) is 0 Å². The van der Waals surface area contributed by atoms with Crippen molar-refractivity contribution in [3.8, 4) is 28.4 Å². The molecule has 0 spiro atoms. The van der Waals surface area contributed by atoms with E-state index in [-0.39, 0.29) is 0 Å². The van der Waals surface area contributed by atoms with Crippen LogP contribution in [0.3, 0.4) is 0 Å². The first-order valence-corrected chi connectivity index (χ1v) is 9.22. The molecular formula is C25H18N2O. The number of nitrogens with zero attached hydrogens (tertiary/aromatic N) is 2.